The van der Waals surface area contributed by atoms with E-state index in [1.165, 1.54) is 13.2 Å². The largest absolute Gasteiger partial charge is 0.492 e. The van der Waals surface area contributed by atoms with Crippen molar-refractivity contribution in [1.82, 2.24) is 5.32 Å². The molecule has 0 amide bonds. The van der Waals surface area contributed by atoms with Crippen LogP contribution >= 0.6 is 0 Å². The lowest BCUT2D eigenvalue weighted by atomic mass is 9.80. The standard InChI is InChI=1S/C28H27NO7/c1-17-24(27(31)33-3)26(19-10-5-4-6-11-19)25(18(2)29-17)28(32)35-15-9-14-34-22-16-23(30)36-21-13-8-7-12-20(21)22/h4-8,10-13,16,26,29H,9,14-15H2,1-3H3. The Morgan fingerprint density at radius 2 is 1.58 bits per heavy atom. The molecule has 3 aromatic rings. The van der Waals surface area contributed by atoms with E-state index in [0.717, 1.165) is 5.56 Å². The summed E-state index contributed by atoms with van der Waals surface area (Å²) in [7, 11) is 1.31. The maximum Gasteiger partial charge on any atom is 0.339 e. The Morgan fingerprint density at radius 1 is 0.917 bits per heavy atom. The van der Waals surface area contributed by atoms with Gasteiger partial charge in [-0.1, -0.05) is 42.5 Å². The van der Waals surface area contributed by atoms with Gasteiger partial charge in [-0.2, -0.15) is 0 Å². The lowest BCUT2D eigenvalue weighted by Gasteiger charge is -2.30. The molecule has 36 heavy (non-hydrogen) atoms. The molecule has 1 aliphatic heterocycles. The van der Waals surface area contributed by atoms with Gasteiger partial charge in [0.25, 0.3) is 0 Å². The lowest BCUT2D eigenvalue weighted by Crippen LogP contribution is -2.32. The first-order valence-corrected chi connectivity index (χ1v) is 11.6. The first-order chi connectivity index (χ1) is 17.4. The van der Waals surface area contributed by atoms with Crippen LogP contribution in [0.1, 0.15) is 31.7 Å². The van der Waals surface area contributed by atoms with Crippen molar-refractivity contribution in [3.8, 4) is 5.75 Å². The molecule has 0 fully saturated rings. The summed E-state index contributed by atoms with van der Waals surface area (Å²) in [5.74, 6) is -1.26. The average molecular weight is 490 g/mol. The summed E-state index contributed by atoms with van der Waals surface area (Å²) >= 11 is 0. The molecule has 1 unspecified atom stereocenters. The molecule has 186 valence electrons. The summed E-state index contributed by atoms with van der Waals surface area (Å²) in [4.78, 5) is 37.7. The minimum absolute atomic E-state index is 0.0900. The second kappa shape index (κ2) is 10.9. The van der Waals surface area contributed by atoms with Crippen molar-refractivity contribution in [3.05, 3.63) is 99.2 Å². The molecule has 8 nitrogen and oxygen atoms in total. The second-order valence-corrected chi connectivity index (χ2v) is 8.30. The molecule has 0 spiro atoms. The number of esters is 2. The molecule has 2 aromatic carbocycles. The van der Waals surface area contributed by atoms with Gasteiger partial charge in [-0.3, -0.25) is 0 Å². The Balaban J connectivity index is 1.45. The van der Waals surface area contributed by atoms with Crippen LogP contribution in [0.5, 0.6) is 5.75 Å². The van der Waals surface area contributed by atoms with Gasteiger partial charge in [0, 0.05) is 17.8 Å². The molecule has 4 rings (SSSR count). The number of rotatable bonds is 8. The molecular weight excluding hydrogens is 462 g/mol. The Bertz CT molecular complexity index is 1400. The van der Waals surface area contributed by atoms with E-state index in [0.29, 0.717) is 45.7 Å². The number of allylic oxidation sites excluding steroid dienone is 2. The van der Waals surface area contributed by atoms with E-state index in [4.69, 9.17) is 18.6 Å². The molecule has 0 aliphatic carbocycles. The van der Waals surface area contributed by atoms with Gasteiger partial charge < -0.3 is 23.9 Å². The molecular formula is C28H27NO7. The van der Waals surface area contributed by atoms with Gasteiger partial charge in [0.15, 0.2) is 0 Å². The summed E-state index contributed by atoms with van der Waals surface area (Å²) in [6.45, 7) is 3.87. The summed E-state index contributed by atoms with van der Waals surface area (Å²) in [6, 6.07) is 17.7. The fourth-order valence-corrected chi connectivity index (χ4v) is 4.31. The van der Waals surface area contributed by atoms with Gasteiger partial charge in [-0.25, -0.2) is 14.4 Å². The number of hydrogen-bond donors (Lipinski definition) is 1. The monoisotopic (exact) mass is 489 g/mol. The number of carbonyl (C=O) groups excluding carboxylic acids is 2. The molecule has 0 saturated carbocycles. The number of fused-ring (bicyclic) bond motifs is 1. The number of methoxy groups -OCH3 is 1. The summed E-state index contributed by atoms with van der Waals surface area (Å²) in [5.41, 5.74) is 2.66. The zero-order valence-corrected chi connectivity index (χ0v) is 20.3. The fraction of sp³-hybridized carbons (Fsp3) is 0.250. The van der Waals surface area contributed by atoms with Crippen LogP contribution < -0.4 is 15.7 Å². The fourth-order valence-electron chi connectivity index (χ4n) is 4.31. The molecule has 1 atom stereocenters. The molecule has 1 aliphatic rings. The van der Waals surface area contributed by atoms with Gasteiger partial charge in [0.1, 0.15) is 11.3 Å². The number of benzene rings is 2. The topological polar surface area (TPSA) is 104 Å². The molecule has 0 saturated heterocycles. The van der Waals surface area contributed by atoms with Crippen LogP contribution in [0.2, 0.25) is 0 Å². The highest BCUT2D eigenvalue weighted by atomic mass is 16.5. The van der Waals surface area contributed by atoms with Gasteiger partial charge in [-0.05, 0) is 31.5 Å². The quantitative estimate of drug-likeness (QED) is 0.285. The van der Waals surface area contributed by atoms with E-state index in [9.17, 15) is 14.4 Å². The zero-order valence-electron chi connectivity index (χ0n) is 20.3. The van der Waals surface area contributed by atoms with E-state index in [2.05, 4.69) is 5.32 Å². The minimum atomic E-state index is -0.626. The molecule has 0 radical (unpaired) electrons. The Labute approximate surface area is 208 Å². The highest BCUT2D eigenvalue weighted by Crippen LogP contribution is 2.39. The van der Waals surface area contributed by atoms with E-state index >= 15 is 0 Å². The predicted molar refractivity (Wildman–Crippen MR) is 133 cm³/mol. The Kier molecular flexibility index (Phi) is 7.53. The minimum Gasteiger partial charge on any atom is -0.492 e. The molecule has 1 N–H and O–H groups in total. The first-order valence-electron chi connectivity index (χ1n) is 11.6. The van der Waals surface area contributed by atoms with E-state index in [1.54, 1.807) is 32.0 Å². The number of nitrogens with one attached hydrogen (secondary N) is 1. The van der Waals surface area contributed by atoms with Crippen molar-refractivity contribution in [2.45, 2.75) is 26.2 Å². The average Bonchev–Trinajstić information content (AvgIpc) is 2.87. The third-order valence-electron chi connectivity index (χ3n) is 5.91. The maximum atomic E-state index is 13.2. The number of dihydropyridines is 1. The third kappa shape index (κ3) is 5.17. The van der Waals surface area contributed by atoms with Crippen LogP contribution in [0.25, 0.3) is 11.0 Å². The molecule has 0 bridgehead atoms. The van der Waals surface area contributed by atoms with Crippen molar-refractivity contribution in [1.29, 1.82) is 0 Å². The van der Waals surface area contributed by atoms with Crippen LogP contribution in [-0.4, -0.2) is 32.3 Å². The highest BCUT2D eigenvalue weighted by molar-refractivity contribution is 5.99. The number of para-hydroxylation sites is 1. The van der Waals surface area contributed by atoms with Crippen molar-refractivity contribution >= 4 is 22.9 Å². The van der Waals surface area contributed by atoms with E-state index < -0.39 is 23.5 Å². The normalized spacial score (nSPS) is 15.5. The van der Waals surface area contributed by atoms with Gasteiger partial charge in [-0.15, -0.1) is 0 Å². The lowest BCUT2D eigenvalue weighted by molar-refractivity contribution is -0.139. The number of hydrogen-bond acceptors (Lipinski definition) is 8. The summed E-state index contributed by atoms with van der Waals surface area (Å²) < 4.78 is 21.5. The highest BCUT2D eigenvalue weighted by Gasteiger charge is 2.37. The van der Waals surface area contributed by atoms with Crippen molar-refractivity contribution < 1.29 is 28.2 Å². The van der Waals surface area contributed by atoms with Crippen LogP contribution in [0.15, 0.2) is 92.4 Å². The van der Waals surface area contributed by atoms with Crippen LogP contribution in [0.3, 0.4) is 0 Å². The zero-order chi connectivity index (χ0) is 25.7. The second-order valence-electron chi connectivity index (χ2n) is 8.30. The van der Waals surface area contributed by atoms with Gasteiger partial charge in [0.05, 0.1) is 48.8 Å². The third-order valence-corrected chi connectivity index (χ3v) is 5.91. The molecule has 8 heteroatoms. The van der Waals surface area contributed by atoms with Crippen molar-refractivity contribution in [3.63, 3.8) is 0 Å². The summed E-state index contributed by atoms with van der Waals surface area (Å²) in [5, 5.41) is 3.80. The van der Waals surface area contributed by atoms with Crippen molar-refractivity contribution in [2.75, 3.05) is 20.3 Å². The molecule has 1 aromatic heterocycles. The Morgan fingerprint density at radius 3 is 2.31 bits per heavy atom. The predicted octanol–water partition coefficient (Wildman–Crippen LogP) is 4.21. The van der Waals surface area contributed by atoms with Crippen molar-refractivity contribution in [2.24, 2.45) is 0 Å². The van der Waals surface area contributed by atoms with Gasteiger partial charge >= 0.3 is 17.6 Å². The van der Waals surface area contributed by atoms with E-state index in [-0.39, 0.29) is 13.2 Å². The number of carbonyl (C=O) groups is 2. The first kappa shape index (κ1) is 24.8. The van der Waals surface area contributed by atoms with Gasteiger partial charge in [0.2, 0.25) is 0 Å². The van der Waals surface area contributed by atoms with Crippen LogP contribution in [0.4, 0.5) is 0 Å². The van der Waals surface area contributed by atoms with Crippen LogP contribution in [-0.2, 0) is 19.1 Å². The molecule has 2 heterocycles. The summed E-state index contributed by atoms with van der Waals surface area (Å²) in [6.07, 6.45) is 0.398. The smallest absolute Gasteiger partial charge is 0.339 e. The van der Waals surface area contributed by atoms with Crippen LogP contribution in [0, 0.1) is 0 Å². The maximum absolute atomic E-state index is 13.2. The van der Waals surface area contributed by atoms with E-state index in [1.807, 2.05) is 36.4 Å². The SMILES string of the molecule is COC(=O)C1=C(C)NC(C)=C(C(=O)OCCCOc2cc(=O)oc3ccccc23)C1c1ccccc1. The Hall–Kier alpha value is -4.33. The number of ether oxygens (including phenoxy) is 3.